The molecule has 1 unspecified atom stereocenters. The number of hydrogen-bond donors (Lipinski definition) is 0. The number of benzene rings is 2. The van der Waals surface area contributed by atoms with Crippen LogP contribution in [0.5, 0.6) is 0 Å². The lowest BCUT2D eigenvalue weighted by Crippen LogP contribution is -2.19. The first kappa shape index (κ1) is 13.8. The largest absolute Gasteiger partial charge is 0.458 e. The molecule has 0 amide bonds. The van der Waals surface area contributed by atoms with Gasteiger partial charge in [0.2, 0.25) is 0 Å². The van der Waals surface area contributed by atoms with E-state index in [1.54, 1.807) is 0 Å². The van der Waals surface area contributed by atoms with Crippen LogP contribution in [0.2, 0.25) is 0 Å². The minimum absolute atomic E-state index is 0.0599. The highest BCUT2D eigenvalue weighted by molar-refractivity contribution is 14.1. The number of halogens is 1. The Balaban J connectivity index is 2.00. The summed E-state index contributed by atoms with van der Waals surface area (Å²) in [6.45, 7) is 0. The van der Waals surface area contributed by atoms with Crippen LogP contribution in [0.25, 0.3) is 16.6 Å². The van der Waals surface area contributed by atoms with Crippen molar-refractivity contribution in [3.8, 4) is 5.69 Å². The maximum atomic E-state index is 12.4. The van der Waals surface area contributed by atoms with E-state index >= 15 is 0 Å². The average molecular weight is 403 g/mol. The summed E-state index contributed by atoms with van der Waals surface area (Å²) in [4.78, 5) is 12.4. The third-order valence-electron chi connectivity index (χ3n) is 4.06. The molecule has 0 saturated heterocycles. The number of cyclic esters (lactones) is 1. The molecule has 0 bridgehead atoms. The van der Waals surface area contributed by atoms with Crippen LogP contribution in [-0.2, 0) is 11.2 Å². The Morgan fingerprint density at radius 3 is 2.73 bits per heavy atom. The second kappa shape index (κ2) is 5.43. The molecule has 4 heteroatoms. The highest BCUT2D eigenvalue weighted by Crippen LogP contribution is 2.32. The molecule has 4 rings (SSSR count). The Bertz CT molecular complexity index is 854. The van der Waals surface area contributed by atoms with Crippen molar-refractivity contribution in [3.63, 3.8) is 0 Å². The Hall–Kier alpha value is -1.82. The first-order valence-corrected chi connectivity index (χ1v) is 8.76. The summed E-state index contributed by atoms with van der Waals surface area (Å²) in [6.07, 6.45) is 2.85. The molecule has 0 radical (unpaired) electrons. The highest BCUT2D eigenvalue weighted by Gasteiger charge is 2.26. The fraction of sp³-hybridized carbons (Fsp3) is 0.167. The van der Waals surface area contributed by atoms with E-state index in [1.807, 2.05) is 30.3 Å². The van der Waals surface area contributed by atoms with E-state index in [4.69, 9.17) is 4.74 Å². The van der Waals surface area contributed by atoms with Gasteiger partial charge in [-0.3, -0.25) is 0 Å². The van der Waals surface area contributed by atoms with Crippen LogP contribution in [0.4, 0.5) is 0 Å². The number of alkyl halides is 1. The van der Waals surface area contributed by atoms with Crippen molar-refractivity contribution in [3.05, 3.63) is 65.9 Å². The zero-order valence-corrected chi connectivity index (χ0v) is 14.0. The van der Waals surface area contributed by atoms with Gasteiger partial charge in [-0.1, -0.05) is 46.9 Å². The Morgan fingerprint density at radius 1 is 1.14 bits per heavy atom. The van der Waals surface area contributed by atoms with Gasteiger partial charge in [-0.2, -0.15) is 0 Å². The molecule has 0 saturated carbocycles. The molecular weight excluding hydrogens is 389 g/mol. The molecule has 0 N–H and O–H groups in total. The lowest BCUT2D eigenvalue weighted by molar-refractivity contribution is 0.0368. The Morgan fingerprint density at radius 2 is 1.95 bits per heavy atom. The fourth-order valence-corrected chi connectivity index (χ4v) is 3.57. The zero-order chi connectivity index (χ0) is 15.1. The average Bonchev–Trinajstić information content (AvgIpc) is 2.86. The van der Waals surface area contributed by atoms with Crippen molar-refractivity contribution >= 4 is 39.5 Å². The molecule has 0 fully saturated rings. The minimum Gasteiger partial charge on any atom is -0.458 e. The SMILES string of the molecule is O=C1OC(CI)Cc2cn(-c3ccccc3)c3cccc1c23. The second-order valence-corrected chi connectivity index (χ2v) is 6.33. The maximum absolute atomic E-state index is 12.4. The monoisotopic (exact) mass is 403 g/mol. The first-order chi connectivity index (χ1) is 10.8. The van der Waals surface area contributed by atoms with Crippen molar-refractivity contribution in [2.75, 3.05) is 4.43 Å². The summed E-state index contributed by atoms with van der Waals surface area (Å²) >= 11 is 2.28. The molecule has 1 aliphatic heterocycles. The van der Waals surface area contributed by atoms with Crippen molar-refractivity contribution in [2.24, 2.45) is 0 Å². The molecule has 110 valence electrons. The quantitative estimate of drug-likeness (QED) is 0.366. The van der Waals surface area contributed by atoms with Gasteiger partial charge in [0.15, 0.2) is 0 Å². The van der Waals surface area contributed by atoms with Gasteiger partial charge in [0.25, 0.3) is 0 Å². The summed E-state index contributed by atoms with van der Waals surface area (Å²) in [7, 11) is 0. The second-order valence-electron chi connectivity index (χ2n) is 5.45. The van der Waals surface area contributed by atoms with E-state index in [0.29, 0.717) is 5.56 Å². The normalized spacial score (nSPS) is 17.3. The Kier molecular flexibility index (Phi) is 3.41. The standard InChI is InChI=1S/C18H14INO2/c19-10-14-9-12-11-20(13-5-2-1-3-6-13)16-8-4-7-15(17(12)16)18(21)22-14/h1-8,11,14H,9-10H2. The molecule has 1 aromatic heterocycles. The third kappa shape index (κ3) is 2.13. The van der Waals surface area contributed by atoms with Crippen LogP contribution in [-0.4, -0.2) is 21.1 Å². The number of rotatable bonds is 2. The lowest BCUT2D eigenvalue weighted by Gasteiger charge is -2.12. The topological polar surface area (TPSA) is 31.2 Å². The predicted octanol–water partition coefficient (Wildman–Crippen LogP) is 4.15. The molecule has 1 atom stereocenters. The van der Waals surface area contributed by atoms with E-state index in [9.17, 15) is 4.79 Å². The first-order valence-electron chi connectivity index (χ1n) is 7.23. The van der Waals surface area contributed by atoms with E-state index in [1.165, 1.54) is 5.56 Å². The smallest absolute Gasteiger partial charge is 0.339 e. The number of hydrogen-bond acceptors (Lipinski definition) is 2. The third-order valence-corrected chi connectivity index (χ3v) is 5.04. The maximum Gasteiger partial charge on any atom is 0.339 e. The summed E-state index contributed by atoms with van der Waals surface area (Å²) in [5.41, 5.74) is 4.03. The van der Waals surface area contributed by atoms with Crippen LogP contribution in [0.1, 0.15) is 15.9 Å². The summed E-state index contributed by atoms with van der Waals surface area (Å²) in [5.74, 6) is -0.211. The number of carbonyl (C=O) groups excluding carboxylic acids is 1. The van der Waals surface area contributed by atoms with Crippen LogP contribution in [0.15, 0.2) is 54.7 Å². The molecule has 22 heavy (non-hydrogen) atoms. The predicted molar refractivity (Wildman–Crippen MR) is 95.1 cm³/mol. The fourth-order valence-electron chi connectivity index (χ4n) is 3.08. The van der Waals surface area contributed by atoms with Crippen molar-refractivity contribution < 1.29 is 9.53 Å². The van der Waals surface area contributed by atoms with Gasteiger partial charge in [-0.05, 0) is 29.8 Å². The van der Waals surface area contributed by atoms with E-state index in [0.717, 1.165) is 27.4 Å². The van der Waals surface area contributed by atoms with Gasteiger partial charge in [0, 0.05) is 28.1 Å². The van der Waals surface area contributed by atoms with Gasteiger partial charge in [0.1, 0.15) is 6.10 Å². The summed E-state index contributed by atoms with van der Waals surface area (Å²) in [6, 6.07) is 16.1. The van der Waals surface area contributed by atoms with Crippen molar-refractivity contribution in [1.29, 1.82) is 0 Å². The minimum atomic E-state index is -0.211. The zero-order valence-electron chi connectivity index (χ0n) is 11.8. The summed E-state index contributed by atoms with van der Waals surface area (Å²) < 4.78 is 8.55. The molecule has 0 aliphatic carbocycles. The van der Waals surface area contributed by atoms with Crippen LogP contribution in [0.3, 0.4) is 0 Å². The van der Waals surface area contributed by atoms with Gasteiger partial charge >= 0.3 is 5.97 Å². The number of para-hydroxylation sites is 1. The van der Waals surface area contributed by atoms with Crippen LogP contribution >= 0.6 is 22.6 Å². The molecule has 2 aromatic carbocycles. The number of carbonyl (C=O) groups is 1. The molecule has 3 nitrogen and oxygen atoms in total. The van der Waals surface area contributed by atoms with Crippen molar-refractivity contribution in [2.45, 2.75) is 12.5 Å². The van der Waals surface area contributed by atoms with E-state index < -0.39 is 0 Å². The van der Waals surface area contributed by atoms with Crippen molar-refractivity contribution in [1.82, 2.24) is 4.57 Å². The highest BCUT2D eigenvalue weighted by atomic mass is 127. The number of ether oxygens (including phenoxy) is 1. The lowest BCUT2D eigenvalue weighted by atomic mass is 10.0. The summed E-state index contributed by atoms with van der Waals surface area (Å²) in [5, 5.41) is 1.03. The number of aromatic nitrogens is 1. The van der Waals surface area contributed by atoms with Gasteiger partial charge < -0.3 is 9.30 Å². The molecule has 1 aliphatic rings. The van der Waals surface area contributed by atoms with Crippen LogP contribution in [0, 0.1) is 0 Å². The number of nitrogens with zero attached hydrogens (tertiary/aromatic N) is 1. The van der Waals surface area contributed by atoms with Gasteiger partial charge in [-0.15, -0.1) is 0 Å². The Labute approximate surface area is 142 Å². The van der Waals surface area contributed by atoms with Gasteiger partial charge in [-0.25, -0.2) is 4.79 Å². The van der Waals surface area contributed by atoms with E-state index in [2.05, 4.69) is 51.6 Å². The van der Waals surface area contributed by atoms with Gasteiger partial charge in [0.05, 0.1) is 11.1 Å². The molecule has 3 aromatic rings. The molecule has 2 heterocycles. The van der Waals surface area contributed by atoms with Crippen LogP contribution < -0.4 is 0 Å². The van der Waals surface area contributed by atoms with E-state index in [-0.39, 0.29) is 12.1 Å². The molecule has 0 spiro atoms. The number of esters is 1. The molecular formula is C18H14INO2.